The smallest absolute Gasteiger partial charge is 0.496 e. The van der Waals surface area contributed by atoms with Gasteiger partial charge in [-0.1, -0.05) is 55.7 Å². The van der Waals surface area contributed by atoms with Gasteiger partial charge in [0.25, 0.3) is 0 Å². The highest BCUT2D eigenvalue weighted by atomic mass is 19.4. The van der Waals surface area contributed by atoms with Crippen molar-refractivity contribution in [3.63, 3.8) is 0 Å². The quantitative estimate of drug-likeness (QED) is 0.145. The molecule has 0 radical (unpaired) electrons. The van der Waals surface area contributed by atoms with E-state index in [2.05, 4.69) is 49.6 Å². The molecule has 0 spiro atoms. The van der Waals surface area contributed by atoms with Gasteiger partial charge in [-0.15, -0.1) is 13.2 Å². The Balaban J connectivity index is 1.15. The Kier molecular flexibility index (Phi) is 11.0. The molecule has 262 valence electrons. The normalized spacial score (nSPS) is 17.3. The van der Waals surface area contributed by atoms with Gasteiger partial charge in [-0.3, -0.25) is 14.6 Å². The third kappa shape index (κ3) is 8.84. The molecule has 2 fully saturated rings. The molecule has 49 heavy (non-hydrogen) atoms. The van der Waals surface area contributed by atoms with Crippen molar-refractivity contribution in [1.29, 1.82) is 0 Å². The van der Waals surface area contributed by atoms with Crippen molar-refractivity contribution in [2.45, 2.75) is 82.9 Å². The number of alkyl halides is 3. The SMILES string of the molecule is COc1ccccc1CN1CCN(Cc2ccc3c(c2)c(-c2ccc(OC(F)(F)F)cc2)cn3CCCCC(=O)C2(N)CCCCC2)CC1. The van der Waals surface area contributed by atoms with E-state index >= 15 is 0 Å². The number of piperazine rings is 1. The minimum absolute atomic E-state index is 0.177. The molecule has 0 unspecified atom stereocenters. The third-order valence-electron chi connectivity index (χ3n) is 10.2. The summed E-state index contributed by atoms with van der Waals surface area (Å²) in [6, 6.07) is 20.8. The fraction of sp³-hybridized carbons (Fsp3) is 0.462. The van der Waals surface area contributed by atoms with Gasteiger partial charge in [-0.25, -0.2) is 0 Å². The van der Waals surface area contributed by atoms with Gasteiger partial charge >= 0.3 is 6.36 Å². The molecular formula is C39H47F3N4O3. The van der Waals surface area contributed by atoms with Gasteiger partial charge in [-0.2, -0.15) is 0 Å². The number of Topliss-reactive ketones (excluding diaryl/α,β-unsaturated/α-hetero) is 1. The zero-order valence-electron chi connectivity index (χ0n) is 28.3. The first-order valence-electron chi connectivity index (χ1n) is 17.5. The van der Waals surface area contributed by atoms with Gasteiger partial charge in [0.05, 0.1) is 12.6 Å². The largest absolute Gasteiger partial charge is 0.573 e. The zero-order chi connectivity index (χ0) is 34.4. The lowest BCUT2D eigenvalue weighted by Crippen LogP contribution is -2.49. The number of methoxy groups -OCH3 is 1. The van der Waals surface area contributed by atoms with Crippen molar-refractivity contribution < 1.29 is 27.4 Å². The van der Waals surface area contributed by atoms with Gasteiger partial charge in [0.2, 0.25) is 0 Å². The van der Waals surface area contributed by atoms with Crippen molar-refractivity contribution in [2.24, 2.45) is 5.73 Å². The number of halogens is 3. The van der Waals surface area contributed by atoms with E-state index in [-0.39, 0.29) is 11.5 Å². The van der Waals surface area contributed by atoms with E-state index in [1.807, 2.05) is 18.2 Å². The van der Waals surface area contributed by atoms with Gasteiger partial charge in [0.15, 0.2) is 5.78 Å². The summed E-state index contributed by atoms with van der Waals surface area (Å²) in [4.78, 5) is 17.9. The van der Waals surface area contributed by atoms with Gasteiger partial charge < -0.3 is 19.8 Å². The Morgan fingerprint density at radius 1 is 0.878 bits per heavy atom. The maximum Gasteiger partial charge on any atom is 0.573 e. The minimum atomic E-state index is -4.74. The van der Waals surface area contributed by atoms with Crippen LogP contribution in [-0.2, 0) is 24.4 Å². The Labute approximate surface area is 286 Å². The lowest BCUT2D eigenvalue weighted by Gasteiger charge is -2.35. The molecule has 2 heterocycles. The number of carbonyl (C=O) groups is 1. The Bertz CT molecular complexity index is 1700. The van der Waals surface area contributed by atoms with Crippen molar-refractivity contribution >= 4 is 16.7 Å². The number of ether oxygens (including phenoxy) is 2. The lowest BCUT2D eigenvalue weighted by atomic mass is 9.78. The molecule has 7 nitrogen and oxygen atoms in total. The second-order valence-corrected chi connectivity index (χ2v) is 13.6. The average molecular weight is 677 g/mol. The fourth-order valence-corrected chi connectivity index (χ4v) is 7.41. The third-order valence-corrected chi connectivity index (χ3v) is 10.2. The van der Waals surface area contributed by atoms with Crippen LogP contribution in [0.1, 0.15) is 62.5 Å². The number of rotatable bonds is 13. The number of ketones is 1. The highest BCUT2D eigenvalue weighted by Gasteiger charge is 2.34. The number of unbranched alkanes of at least 4 members (excludes halogenated alkanes) is 1. The van der Waals surface area contributed by atoms with E-state index < -0.39 is 11.9 Å². The van der Waals surface area contributed by atoms with Crippen molar-refractivity contribution in [3.05, 3.63) is 84.1 Å². The number of nitrogens with two attached hydrogens (primary N) is 1. The summed E-state index contributed by atoms with van der Waals surface area (Å²) in [5.41, 5.74) is 11.0. The Morgan fingerprint density at radius 2 is 1.57 bits per heavy atom. The number of benzene rings is 3. The second kappa shape index (κ2) is 15.4. The van der Waals surface area contributed by atoms with E-state index in [9.17, 15) is 18.0 Å². The van der Waals surface area contributed by atoms with Crippen LogP contribution in [-0.4, -0.2) is 65.3 Å². The number of aromatic nitrogens is 1. The Morgan fingerprint density at radius 3 is 2.27 bits per heavy atom. The van der Waals surface area contributed by atoms with Crippen LogP contribution < -0.4 is 15.2 Å². The van der Waals surface area contributed by atoms with E-state index in [4.69, 9.17) is 10.5 Å². The highest BCUT2D eigenvalue weighted by Crippen LogP contribution is 2.34. The van der Waals surface area contributed by atoms with Gasteiger partial charge in [0.1, 0.15) is 11.5 Å². The van der Waals surface area contributed by atoms with Crippen molar-refractivity contribution in [3.8, 4) is 22.6 Å². The van der Waals surface area contributed by atoms with Crippen LogP contribution in [0.5, 0.6) is 11.5 Å². The molecule has 0 amide bonds. The Hall–Kier alpha value is -3.86. The molecule has 3 aromatic carbocycles. The summed E-state index contributed by atoms with van der Waals surface area (Å²) in [6.07, 6.45) is 4.16. The molecule has 6 rings (SSSR count). The summed E-state index contributed by atoms with van der Waals surface area (Å²) in [5, 5.41) is 1.05. The molecular weight excluding hydrogens is 629 g/mol. The number of para-hydroxylation sites is 1. The van der Waals surface area contributed by atoms with Crippen LogP contribution in [0.4, 0.5) is 13.2 Å². The molecule has 0 atom stereocenters. The highest BCUT2D eigenvalue weighted by molar-refractivity contribution is 5.96. The lowest BCUT2D eigenvalue weighted by molar-refractivity contribution is -0.274. The molecule has 1 aliphatic carbocycles. The first-order valence-corrected chi connectivity index (χ1v) is 17.5. The first kappa shape index (κ1) is 35.0. The summed E-state index contributed by atoms with van der Waals surface area (Å²) in [7, 11) is 1.71. The molecule has 4 aromatic rings. The number of fused-ring (bicyclic) bond motifs is 1. The maximum absolute atomic E-state index is 13.0. The molecule has 2 N–H and O–H groups in total. The predicted molar refractivity (Wildman–Crippen MR) is 186 cm³/mol. The molecule has 1 saturated heterocycles. The van der Waals surface area contributed by atoms with Crippen LogP contribution in [0.25, 0.3) is 22.0 Å². The zero-order valence-corrected chi connectivity index (χ0v) is 28.3. The van der Waals surface area contributed by atoms with Gasteiger partial charge in [-0.05, 0) is 67.1 Å². The summed E-state index contributed by atoms with van der Waals surface area (Å²) >= 11 is 0. The molecule has 1 aliphatic heterocycles. The number of nitrogens with zero attached hydrogens (tertiary/aromatic N) is 3. The standard InChI is InChI=1S/C39H47F3N4O3/c1-48-36-10-4-3-9-31(36)27-45-23-21-44(22-24-45)26-29-12-17-35-33(25-29)34(30-13-15-32(16-14-30)49-39(40,41)42)28-46(35)20-8-5-11-37(47)38(43)18-6-2-7-19-38/h3-4,9-10,12-17,25,28H,2,5-8,11,18-24,26-27,43H2,1H3. The maximum atomic E-state index is 13.0. The number of carbonyl (C=O) groups excluding carboxylic acids is 1. The van der Waals surface area contributed by atoms with Crippen molar-refractivity contribution in [2.75, 3.05) is 33.3 Å². The summed E-state index contributed by atoms with van der Waals surface area (Å²) in [6.45, 7) is 6.21. The van der Waals surface area contributed by atoms with E-state index in [0.29, 0.717) is 6.42 Å². The topological polar surface area (TPSA) is 73.0 Å². The number of hydrogen-bond donors (Lipinski definition) is 1. The molecule has 10 heteroatoms. The summed E-state index contributed by atoms with van der Waals surface area (Å²) < 4.78 is 50.3. The average Bonchev–Trinajstić information content (AvgIpc) is 3.45. The molecule has 2 aliphatic rings. The van der Waals surface area contributed by atoms with E-state index in [1.54, 1.807) is 19.2 Å². The predicted octanol–water partition coefficient (Wildman–Crippen LogP) is 7.93. The van der Waals surface area contributed by atoms with Gasteiger partial charge in [0, 0.05) is 80.5 Å². The van der Waals surface area contributed by atoms with Crippen LogP contribution >= 0.6 is 0 Å². The molecule has 0 bridgehead atoms. The second-order valence-electron chi connectivity index (χ2n) is 13.6. The molecule has 1 saturated carbocycles. The minimum Gasteiger partial charge on any atom is -0.496 e. The number of aryl methyl sites for hydroxylation is 1. The fourth-order valence-electron chi connectivity index (χ4n) is 7.41. The molecule has 1 aromatic heterocycles. The van der Waals surface area contributed by atoms with E-state index in [0.717, 1.165) is 119 Å². The monoisotopic (exact) mass is 676 g/mol. The number of hydrogen-bond acceptors (Lipinski definition) is 6. The van der Waals surface area contributed by atoms with Crippen LogP contribution in [0.3, 0.4) is 0 Å². The van der Waals surface area contributed by atoms with Crippen LogP contribution in [0.15, 0.2) is 72.9 Å². The summed E-state index contributed by atoms with van der Waals surface area (Å²) in [5.74, 6) is 0.850. The van der Waals surface area contributed by atoms with Crippen molar-refractivity contribution in [1.82, 2.24) is 14.4 Å². The first-order chi connectivity index (χ1) is 23.6. The van der Waals surface area contributed by atoms with Crippen LogP contribution in [0, 0.1) is 0 Å². The van der Waals surface area contributed by atoms with Crippen LogP contribution in [0.2, 0.25) is 0 Å². The van der Waals surface area contributed by atoms with E-state index in [1.165, 1.54) is 23.3 Å².